The first kappa shape index (κ1) is 34.6. The molecule has 49 heavy (non-hydrogen) atoms. The van der Waals surface area contributed by atoms with Gasteiger partial charge in [0.05, 0.1) is 38.1 Å². The number of nitrogens with zero attached hydrogens (tertiary/aromatic N) is 2. The summed E-state index contributed by atoms with van der Waals surface area (Å²) in [6.45, 7) is 5.81. The van der Waals surface area contributed by atoms with Crippen LogP contribution >= 0.6 is 0 Å². The number of carbonyl (C=O) groups excluding carboxylic acids is 2. The number of fused-ring (bicyclic) bond motifs is 4. The summed E-state index contributed by atoms with van der Waals surface area (Å²) < 4.78 is 22.4. The zero-order valence-electron chi connectivity index (χ0n) is 29.1. The van der Waals surface area contributed by atoms with Gasteiger partial charge in [-0.05, 0) is 85.5 Å². The molecule has 0 saturated carbocycles. The Morgan fingerprint density at radius 1 is 0.898 bits per heavy atom. The molecule has 3 aliphatic rings. The van der Waals surface area contributed by atoms with Crippen molar-refractivity contribution >= 4 is 17.6 Å². The van der Waals surface area contributed by atoms with E-state index in [1.54, 1.807) is 13.4 Å². The van der Waals surface area contributed by atoms with Gasteiger partial charge in [0.2, 0.25) is 5.91 Å². The van der Waals surface area contributed by atoms with Crippen LogP contribution in [0.1, 0.15) is 63.0 Å². The van der Waals surface area contributed by atoms with Crippen molar-refractivity contribution in [1.29, 1.82) is 0 Å². The maximum Gasteiger partial charge on any atom is 0.337 e. The number of rotatable bonds is 15. The summed E-state index contributed by atoms with van der Waals surface area (Å²) in [5, 5.41) is 0. The standard InChI is InChI=1S/C41H50N2O6/c1-4-31-27-42-24-22-41(38(42)26-34(31)35(29-46-2)39(44)47-3)36-16-10-11-17-37(36)43(40(41)45)23-12-5-6-13-25-48-32-18-20-33(21-19-32)49-28-30-14-8-7-9-15-30/h7-11,14-21,29,31,34,38H,4-6,12-13,22-28H2,1-3H3/b35-29+/t31-,34-,38+,41+/m0/s1. The third kappa shape index (κ3) is 7.20. The molecule has 0 bridgehead atoms. The van der Waals surface area contributed by atoms with Crippen molar-refractivity contribution in [3.63, 3.8) is 0 Å². The Hall–Kier alpha value is -4.30. The molecular weight excluding hydrogens is 616 g/mol. The van der Waals surface area contributed by atoms with E-state index in [4.69, 9.17) is 18.9 Å². The highest BCUT2D eigenvalue weighted by molar-refractivity contribution is 6.09. The first-order valence-corrected chi connectivity index (χ1v) is 17.9. The summed E-state index contributed by atoms with van der Waals surface area (Å²) in [5.41, 5.74) is 3.30. The molecule has 8 nitrogen and oxygen atoms in total. The Morgan fingerprint density at radius 2 is 1.61 bits per heavy atom. The lowest BCUT2D eigenvalue weighted by atomic mass is 9.67. The van der Waals surface area contributed by atoms with E-state index >= 15 is 0 Å². The minimum Gasteiger partial charge on any atom is -0.504 e. The highest BCUT2D eigenvalue weighted by Gasteiger charge is 2.62. The summed E-state index contributed by atoms with van der Waals surface area (Å²) >= 11 is 0. The maximum absolute atomic E-state index is 14.6. The molecule has 6 rings (SSSR count). The van der Waals surface area contributed by atoms with Crippen molar-refractivity contribution in [2.75, 3.05) is 45.4 Å². The normalized spacial score (nSPS) is 23.3. The molecule has 0 radical (unpaired) electrons. The smallest absolute Gasteiger partial charge is 0.337 e. The molecule has 3 aliphatic heterocycles. The third-order valence-electron chi connectivity index (χ3n) is 10.8. The zero-order chi connectivity index (χ0) is 34.2. The van der Waals surface area contributed by atoms with Gasteiger partial charge in [0, 0.05) is 24.8 Å². The molecule has 3 aromatic carbocycles. The summed E-state index contributed by atoms with van der Waals surface area (Å²) in [6.07, 6.45) is 7.96. The lowest BCUT2D eigenvalue weighted by molar-refractivity contribution is -0.137. The molecule has 3 aromatic rings. The van der Waals surface area contributed by atoms with Crippen molar-refractivity contribution in [2.45, 2.75) is 69.9 Å². The number of ether oxygens (including phenoxy) is 4. The largest absolute Gasteiger partial charge is 0.504 e. The number of benzene rings is 3. The highest BCUT2D eigenvalue weighted by atomic mass is 16.5. The monoisotopic (exact) mass is 666 g/mol. The van der Waals surface area contributed by atoms with E-state index in [2.05, 4.69) is 42.2 Å². The molecule has 4 atom stereocenters. The van der Waals surface area contributed by atoms with Crippen molar-refractivity contribution in [1.82, 2.24) is 4.90 Å². The van der Waals surface area contributed by atoms with Crippen LogP contribution in [0.3, 0.4) is 0 Å². The zero-order valence-corrected chi connectivity index (χ0v) is 29.1. The number of carbonyl (C=O) groups is 2. The second kappa shape index (κ2) is 15.9. The Kier molecular flexibility index (Phi) is 11.2. The molecule has 1 amide bonds. The van der Waals surface area contributed by atoms with Crippen molar-refractivity contribution in [2.24, 2.45) is 11.8 Å². The number of para-hydroxylation sites is 1. The van der Waals surface area contributed by atoms with Gasteiger partial charge in [-0.2, -0.15) is 0 Å². The topological polar surface area (TPSA) is 77.5 Å². The van der Waals surface area contributed by atoms with Gasteiger partial charge in [-0.15, -0.1) is 0 Å². The molecule has 1 spiro atoms. The first-order valence-electron chi connectivity index (χ1n) is 17.9. The molecule has 2 fully saturated rings. The van der Waals surface area contributed by atoms with E-state index in [0.717, 1.165) is 86.3 Å². The van der Waals surface area contributed by atoms with E-state index in [-0.39, 0.29) is 29.8 Å². The Balaban J connectivity index is 1.02. The van der Waals surface area contributed by atoms with E-state index in [0.29, 0.717) is 25.3 Å². The number of piperidine rings is 1. The molecule has 0 unspecified atom stereocenters. The summed E-state index contributed by atoms with van der Waals surface area (Å²) in [7, 11) is 2.99. The van der Waals surface area contributed by atoms with E-state index < -0.39 is 5.41 Å². The van der Waals surface area contributed by atoms with Crippen LogP contribution in [0, 0.1) is 11.8 Å². The number of hydrogen-bond donors (Lipinski definition) is 0. The fourth-order valence-electron chi connectivity index (χ4n) is 8.34. The van der Waals surface area contributed by atoms with Crippen LogP contribution in [-0.4, -0.2) is 63.3 Å². The van der Waals surface area contributed by atoms with Crippen molar-refractivity contribution in [3.05, 3.63) is 102 Å². The van der Waals surface area contributed by atoms with Crippen LogP contribution in [0.25, 0.3) is 0 Å². The van der Waals surface area contributed by atoms with Crippen LogP contribution in [0.5, 0.6) is 11.5 Å². The van der Waals surface area contributed by atoms with Gasteiger partial charge in [-0.3, -0.25) is 9.69 Å². The van der Waals surface area contributed by atoms with Gasteiger partial charge in [0.15, 0.2) is 0 Å². The molecule has 0 aliphatic carbocycles. The highest BCUT2D eigenvalue weighted by Crippen LogP contribution is 2.55. The summed E-state index contributed by atoms with van der Waals surface area (Å²) in [6, 6.07) is 26.3. The Morgan fingerprint density at radius 3 is 2.35 bits per heavy atom. The fourth-order valence-corrected chi connectivity index (χ4v) is 8.34. The first-order chi connectivity index (χ1) is 24.0. The quantitative estimate of drug-likeness (QED) is 0.0729. The van der Waals surface area contributed by atoms with Crippen LogP contribution < -0.4 is 14.4 Å². The fraction of sp³-hybridized carbons (Fsp3) is 0.463. The molecular formula is C41H50N2O6. The predicted octanol–water partition coefficient (Wildman–Crippen LogP) is 7.31. The lowest BCUT2D eigenvalue weighted by Crippen LogP contribution is -2.55. The second-order valence-electron chi connectivity index (χ2n) is 13.5. The van der Waals surface area contributed by atoms with Crippen LogP contribution in [-0.2, 0) is 31.1 Å². The SMILES string of the molecule is CC[C@H]1CN2CC[C@]3(C(=O)N(CCCCCCOc4ccc(OCc5ccccc5)cc4)c4ccccc43)[C@H]2C[C@@H]1/C(=C\OC)C(=O)OC. The predicted molar refractivity (Wildman–Crippen MR) is 191 cm³/mol. The number of hydrogen-bond acceptors (Lipinski definition) is 7. The van der Waals surface area contributed by atoms with Gasteiger partial charge in [-0.25, -0.2) is 4.79 Å². The number of anilines is 1. The van der Waals surface area contributed by atoms with Crippen LogP contribution in [0.4, 0.5) is 5.69 Å². The van der Waals surface area contributed by atoms with E-state index in [1.165, 1.54) is 7.11 Å². The summed E-state index contributed by atoms with van der Waals surface area (Å²) in [4.78, 5) is 32.0. The Labute approximate surface area is 291 Å². The molecule has 0 N–H and O–H groups in total. The minimum absolute atomic E-state index is 0.0190. The molecule has 260 valence electrons. The van der Waals surface area contributed by atoms with Gasteiger partial charge >= 0.3 is 5.97 Å². The second-order valence-corrected chi connectivity index (χ2v) is 13.5. The van der Waals surface area contributed by atoms with Gasteiger partial charge in [0.1, 0.15) is 18.1 Å². The molecule has 0 aromatic heterocycles. The van der Waals surface area contributed by atoms with Crippen LogP contribution in [0.15, 0.2) is 90.7 Å². The number of unbranched alkanes of at least 4 members (excludes halogenated alkanes) is 3. The average molecular weight is 667 g/mol. The molecule has 3 heterocycles. The number of amides is 1. The van der Waals surface area contributed by atoms with Gasteiger partial charge < -0.3 is 23.8 Å². The van der Waals surface area contributed by atoms with E-state index in [1.807, 2.05) is 53.4 Å². The van der Waals surface area contributed by atoms with Crippen molar-refractivity contribution in [3.8, 4) is 11.5 Å². The van der Waals surface area contributed by atoms with Crippen LogP contribution in [0.2, 0.25) is 0 Å². The van der Waals surface area contributed by atoms with E-state index in [9.17, 15) is 9.59 Å². The molecule has 2 saturated heterocycles. The number of methoxy groups -OCH3 is 2. The molecule has 8 heteroatoms. The average Bonchev–Trinajstić information content (AvgIpc) is 3.63. The maximum atomic E-state index is 14.6. The van der Waals surface area contributed by atoms with Gasteiger partial charge in [0.25, 0.3) is 0 Å². The Bertz CT molecular complexity index is 1590. The summed E-state index contributed by atoms with van der Waals surface area (Å²) in [5.74, 6) is 1.79. The van der Waals surface area contributed by atoms with Gasteiger partial charge in [-0.1, -0.05) is 74.7 Å². The minimum atomic E-state index is -0.599. The lowest BCUT2D eigenvalue weighted by Gasteiger charge is -2.45. The number of esters is 1. The third-order valence-corrected chi connectivity index (χ3v) is 10.8. The van der Waals surface area contributed by atoms with Crippen molar-refractivity contribution < 1.29 is 28.5 Å².